The van der Waals surface area contributed by atoms with Crippen LogP contribution in [0.5, 0.6) is 0 Å². The molecule has 0 bridgehead atoms. The van der Waals surface area contributed by atoms with Gasteiger partial charge in [-0.25, -0.2) is 0 Å². The Balaban J connectivity index is 0.00000180. The molecule has 0 aliphatic carbocycles. The van der Waals surface area contributed by atoms with Gasteiger partial charge in [0.25, 0.3) is 0 Å². The molecule has 0 aliphatic heterocycles. The summed E-state index contributed by atoms with van der Waals surface area (Å²) in [5.41, 5.74) is 2.90. The van der Waals surface area contributed by atoms with Crippen molar-refractivity contribution in [3.8, 4) is 0 Å². The quantitative estimate of drug-likeness (QED) is 0.570. The van der Waals surface area contributed by atoms with Gasteiger partial charge in [-0.05, 0) is 11.1 Å². The normalized spacial score (nSPS) is 11.2. The van der Waals surface area contributed by atoms with Gasteiger partial charge in [0.15, 0.2) is 0 Å². The van der Waals surface area contributed by atoms with Gasteiger partial charge in [-0.3, -0.25) is 0 Å². The molecule has 0 unspecified atom stereocenters. The van der Waals surface area contributed by atoms with E-state index in [1.165, 1.54) is 11.1 Å². The second-order valence-corrected chi connectivity index (χ2v) is 5.49. The summed E-state index contributed by atoms with van der Waals surface area (Å²) >= 11 is 0. The van der Waals surface area contributed by atoms with Gasteiger partial charge >= 0.3 is 18.9 Å². The number of hydrogen-bond donors (Lipinski definition) is 0. The summed E-state index contributed by atoms with van der Waals surface area (Å²) in [7, 11) is 0. The second kappa shape index (κ2) is 6.99. The molecular formula is C18H21Li. The largest absolute Gasteiger partial charge is 1.00 e. The van der Waals surface area contributed by atoms with E-state index in [4.69, 9.17) is 0 Å². The zero-order valence-corrected chi connectivity index (χ0v) is 12.3. The summed E-state index contributed by atoms with van der Waals surface area (Å²) < 4.78 is 0. The first-order valence-corrected chi connectivity index (χ1v) is 6.54. The van der Waals surface area contributed by atoms with Crippen LogP contribution in [0.1, 0.15) is 37.3 Å². The smallest absolute Gasteiger partial charge is 0.343 e. The maximum atomic E-state index is 4.13. The first kappa shape index (κ1) is 16.1. The molecule has 2 aromatic rings. The molecular weight excluding hydrogens is 223 g/mol. The number of rotatable bonds is 4. The third-order valence-corrected chi connectivity index (χ3v) is 3.69. The zero-order valence-electron chi connectivity index (χ0n) is 12.3. The molecule has 0 radical (unpaired) electrons. The van der Waals surface area contributed by atoms with Crippen molar-refractivity contribution in [3.63, 3.8) is 0 Å². The molecule has 2 rings (SSSR count). The topological polar surface area (TPSA) is 0 Å². The fraction of sp³-hybridized carbons (Fsp3) is 0.278. The third kappa shape index (κ3) is 3.75. The SMILES string of the molecule is [CH2-]CC(C)(C)C(c1ccccc1)c1ccccc1.[Li+]. The summed E-state index contributed by atoms with van der Waals surface area (Å²) in [6, 6.07) is 21.5. The van der Waals surface area contributed by atoms with Crippen LogP contribution in [0.4, 0.5) is 0 Å². The minimum Gasteiger partial charge on any atom is -0.343 e. The Morgan fingerprint density at radius 2 is 1.21 bits per heavy atom. The molecule has 94 valence electrons. The van der Waals surface area contributed by atoms with Crippen LogP contribution in [-0.4, -0.2) is 0 Å². The molecule has 0 amide bonds. The summed E-state index contributed by atoms with van der Waals surface area (Å²) in [4.78, 5) is 0. The van der Waals surface area contributed by atoms with Crippen LogP contribution in [0.15, 0.2) is 60.7 Å². The molecule has 0 aliphatic rings. The zero-order chi connectivity index (χ0) is 13.0. The average Bonchev–Trinajstić information content (AvgIpc) is 2.41. The Labute approximate surface area is 129 Å². The van der Waals surface area contributed by atoms with Gasteiger partial charge in [0, 0.05) is 5.92 Å². The van der Waals surface area contributed by atoms with Gasteiger partial charge in [0.1, 0.15) is 0 Å². The standard InChI is InChI=1S/C18H21.Li/c1-4-18(2,3)17(15-11-7-5-8-12-15)16-13-9-6-10-14-16;/h5-14,17H,1,4H2,2-3H3;/q-1;+1. The van der Waals surface area contributed by atoms with Crippen molar-refractivity contribution in [2.45, 2.75) is 26.2 Å². The van der Waals surface area contributed by atoms with Gasteiger partial charge in [0.2, 0.25) is 0 Å². The van der Waals surface area contributed by atoms with E-state index in [1.807, 2.05) is 0 Å². The van der Waals surface area contributed by atoms with E-state index in [0.29, 0.717) is 5.92 Å². The first-order valence-electron chi connectivity index (χ1n) is 6.54. The Morgan fingerprint density at radius 1 is 0.842 bits per heavy atom. The predicted molar refractivity (Wildman–Crippen MR) is 78.5 cm³/mol. The predicted octanol–water partition coefficient (Wildman–Crippen LogP) is 2.07. The maximum absolute atomic E-state index is 4.13. The van der Waals surface area contributed by atoms with E-state index in [-0.39, 0.29) is 24.3 Å². The minimum atomic E-state index is 0. The van der Waals surface area contributed by atoms with Crippen molar-refractivity contribution in [1.82, 2.24) is 0 Å². The molecule has 2 aromatic carbocycles. The van der Waals surface area contributed by atoms with Crippen molar-refractivity contribution >= 4 is 0 Å². The van der Waals surface area contributed by atoms with Crippen molar-refractivity contribution < 1.29 is 18.9 Å². The summed E-state index contributed by atoms with van der Waals surface area (Å²) in [6.07, 6.45) is 0.918. The fourth-order valence-corrected chi connectivity index (χ4v) is 2.53. The van der Waals surface area contributed by atoms with Crippen molar-refractivity contribution in [2.75, 3.05) is 0 Å². The van der Waals surface area contributed by atoms with Gasteiger partial charge in [0.05, 0.1) is 0 Å². The molecule has 0 heterocycles. The van der Waals surface area contributed by atoms with Crippen LogP contribution >= 0.6 is 0 Å². The summed E-state index contributed by atoms with van der Waals surface area (Å²) in [5, 5.41) is 0. The Kier molecular flexibility index (Phi) is 5.92. The maximum Gasteiger partial charge on any atom is 1.00 e. The van der Waals surface area contributed by atoms with Gasteiger partial charge in [-0.2, -0.15) is 6.42 Å². The van der Waals surface area contributed by atoms with Gasteiger partial charge in [-0.1, -0.05) is 79.9 Å². The van der Waals surface area contributed by atoms with E-state index in [0.717, 1.165) is 6.42 Å². The van der Waals surface area contributed by atoms with Crippen LogP contribution in [0.3, 0.4) is 0 Å². The van der Waals surface area contributed by atoms with Crippen LogP contribution in [0.25, 0.3) is 0 Å². The molecule has 0 saturated carbocycles. The summed E-state index contributed by atoms with van der Waals surface area (Å²) in [5.74, 6) is 0.400. The molecule has 0 fully saturated rings. The van der Waals surface area contributed by atoms with Gasteiger partial charge in [-0.15, -0.1) is 0 Å². The molecule has 0 nitrogen and oxygen atoms in total. The molecule has 0 spiro atoms. The van der Waals surface area contributed by atoms with Crippen LogP contribution in [0.2, 0.25) is 0 Å². The van der Waals surface area contributed by atoms with Crippen molar-refractivity contribution in [2.24, 2.45) is 5.41 Å². The molecule has 1 heteroatoms. The first-order chi connectivity index (χ1) is 8.65. The molecule has 19 heavy (non-hydrogen) atoms. The monoisotopic (exact) mass is 244 g/mol. The Hall–Kier alpha value is -0.963. The Morgan fingerprint density at radius 3 is 1.53 bits per heavy atom. The van der Waals surface area contributed by atoms with E-state index >= 15 is 0 Å². The Bertz CT molecular complexity index is 434. The van der Waals surface area contributed by atoms with Crippen LogP contribution < -0.4 is 18.9 Å². The molecule has 0 aromatic heterocycles. The number of benzene rings is 2. The molecule has 0 saturated heterocycles. The van der Waals surface area contributed by atoms with E-state index < -0.39 is 0 Å². The van der Waals surface area contributed by atoms with Crippen molar-refractivity contribution in [1.29, 1.82) is 0 Å². The van der Waals surface area contributed by atoms with Crippen LogP contribution in [-0.2, 0) is 0 Å². The molecule has 0 N–H and O–H groups in total. The van der Waals surface area contributed by atoms with E-state index in [1.54, 1.807) is 0 Å². The van der Waals surface area contributed by atoms with Gasteiger partial charge < -0.3 is 6.92 Å². The van der Waals surface area contributed by atoms with Crippen LogP contribution in [0, 0.1) is 12.3 Å². The molecule has 0 atom stereocenters. The fourth-order valence-electron chi connectivity index (χ4n) is 2.53. The van der Waals surface area contributed by atoms with Crippen molar-refractivity contribution in [3.05, 3.63) is 78.7 Å². The second-order valence-electron chi connectivity index (χ2n) is 5.49. The minimum absolute atomic E-state index is 0. The average molecular weight is 244 g/mol. The summed E-state index contributed by atoms with van der Waals surface area (Å²) in [6.45, 7) is 8.72. The van der Waals surface area contributed by atoms with E-state index in [9.17, 15) is 0 Å². The third-order valence-electron chi connectivity index (χ3n) is 3.69. The van der Waals surface area contributed by atoms with E-state index in [2.05, 4.69) is 81.4 Å². The number of hydrogen-bond acceptors (Lipinski definition) is 0.